The molecule has 6 rings (SSSR count). The summed E-state index contributed by atoms with van der Waals surface area (Å²) in [5.74, 6) is 1.92. The van der Waals surface area contributed by atoms with Crippen molar-refractivity contribution < 1.29 is 14.4 Å². The maximum absolute atomic E-state index is 12.7. The van der Waals surface area contributed by atoms with Gasteiger partial charge in [-0.1, -0.05) is 24.3 Å². The molecule has 4 fully saturated rings. The minimum atomic E-state index is -0.270. The maximum Gasteiger partial charge on any atom is 0.255 e. The van der Waals surface area contributed by atoms with Crippen molar-refractivity contribution in [1.29, 1.82) is 0 Å². The fraction of sp³-hybridized carbons (Fsp3) is 0.464. The number of anilines is 2. The molecule has 6 heteroatoms. The van der Waals surface area contributed by atoms with Crippen molar-refractivity contribution in [3.63, 3.8) is 0 Å². The number of nitrogens with one attached hydrogen (secondary N) is 3. The van der Waals surface area contributed by atoms with E-state index in [1.165, 1.54) is 38.5 Å². The summed E-state index contributed by atoms with van der Waals surface area (Å²) in [6, 6.07) is 14.4. The van der Waals surface area contributed by atoms with E-state index in [0.717, 1.165) is 23.3 Å². The summed E-state index contributed by atoms with van der Waals surface area (Å²) in [5.41, 5.74) is 2.82. The van der Waals surface area contributed by atoms with Gasteiger partial charge in [-0.05, 0) is 98.4 Å². The second kappa shape index (κ2) is 9.24. The van der Waals surface area contributed by atoms with Gasteiger partial charge in [-0.3, -0.25) is 14.4 Å². The molecule has 178 valence electrons. The molecule has 4 aliphatic rings. The van der Waals surface area contributed by atoms with Gasteiger partial charge in [0.15, 0.2) is 0 Å². The van der Waals surface area contributed by atoms with Crippen LogP contribution in [0.3, 0.4) is 0 Å². The van der Waals surface area contributed by atoms with Gasteiger partial charge in [-0.2, -0.15) is 0 Å². The van der Waals surface area contributed by atoms with Crippen LogP contribution in [0.1, 0.15) is 60.9 Å². The Morgan fingerprint density at radius 2 is 1.50 bits per heavy atom. The van der Waals surface area contributed by atoms with E-state index in [-0.39, 0.29) is 29.7 Å². The Kier molecular flexibility index (Phi) is 6.15. The summed E-state index contributed by atoms with van der Waals surface area (Å²) in [7, 11) is 0. The fourth-order valence-corrected chi connectivity index (χ4v) is 6.91. The summed E-state index contributed by atoms with van der Waals surface area (Å²) in [6.07, 6.45) is 8.15. The van der Waals surface area contributed by atoms with Gasteiger partial charge < -0.3 is 16.0 Å². The molecule has 0 aromatic heterocycles. The van der Waals surface area contributed by atoms with Gasteiger partial charge in [0.05, 0.1) is 6.54 Å². The molecular weight excluding hydrogens is 426 g/mol. The third-order valence-corrected chi connectivity index (χ3v) is 7.95. The molecule has 0 aliphatic heterocycles. The Labute approximate surface area is 200 Å². The lowest BCUT2D eigenvalue weighted by atomic mass is 9.49. The second-order valence-corrected chi connectivity index (χ2v) is 10.8. The van der Waals surface area contributed by atoms with Gasteiger partial charge in [-0.15, -0.1) is 0 Å². The van der Waals surface area contributed by atoms with E-state index in [0.29, 0.717) is 23.4 Å². The minimum absolute atomic E-state index is 0.0160. The molecule has 4 bridgehead atoms. The number of aryl methyl sites for hydroxylation is 1. The predicted octanol–water partition coefficient (Wildman–Crippen LogP) is 4.91. The van der Waals surface area contributed by atoms with Crippen LogP contribution < -0.4 is 16.0 Å². The Hall–Kier alpha value is -3.15. The topological polar surface area (TPSA) is 87.3 Å². The molecular formula is C28H33N3O3. The van der Waals surface area contributed by atoms with E-state index >= 15 is 0 Å². The molecule has 0 spiro atoms. The number of benzene rings is 2. The summed E-state index contributed by atoms with van der Waals surface area (Å²) >= 11 is 0. The zero-order valence-corrected chi connectivity index (χ0v) is 19.7. The van der Waals surface area contributed by atoms with Crippen molar-refractivity contribution in [3.05, 3.63) is 59.7 Å². The van der Waals surface area contributed by atoms with E-state index in [9.17, 15) is 14.4 Å². The van der Waals surface area contributed by atoms with Crippen LogP contribution in [0.4, 0.5) is 11.4 Å². The van der Waals surface area contributed by atoms with Crippen LogP contribution in [0.5, 0.6) is 0 Å². The van der Waals surface area contributed by atoms with Crippen molar-refractivity contribution in [2.45, 2.75) is 51.9 Å². The van der Waals surface area contributed by atoms with Crippen LogP contribution in [0.2, 0.25) is 0 Å². The molecule has 3 amide bonds. The van der Waals surface area contributed by atoms with Crippen LogP contribution >= 0.6 is 0 Å². The monoisotopic (exact) mass is 459 g/mol. The summed E-state index contributed by atoms with van der Waals surface area (Å²) in [6.45, 7) is 1.84. The SMILES string of the molecule is Cc1ccc(NC(=O)c2ccccc2)cc1NC(=O)CNC(=O)CC12CC3CC(CC(C3)C1)C2. The quantitative estimate of drug-likeness (QED) is 0.550. The lowest BCUT2D eigenvalue weighted by molar-refractivity contribution is -0.131. The first kappa shape index (κ1) is 22.6. The zero-order chi connectivity index (χ0) is 23.7. The van der Waals surface area contributed by atoms with Crippen molar-refractivity contribution in [1.82, 2.24) is 5.32 Å². The highest BCUT2D eigenvalue weighted by Crippen LogP contribution is 2.61. The van der Waals surface area contributed by atoms with Gasteiger partial charge in [0.2, 0.25) is 11.8 Å². The van der Waals surface area contributed by atoms with E-state index in [1.807, 2.05) is 31.2 Å². The molecule has 4 saturated carbocycles. The highest BCUT2D eigenvalue weighted by molar-refractivity contribution is 6.05. The van der Waals surface area contributed by atoms with Crippen molar-refractivity contribution in [2.24, 2.45) is 23.2 Å². The molecule has 0 unspecified atom stereocenters. The van der Waals surface area contributed by atoms with E-state index < -0.39 is 0 Å². The van der Waals surface area contributed by atoms with Gasteiger partial charge in [0.25, 0.3) is 5.91 Å². The second-order valence-electron chi connectivity index (χ2n) is 10.8. The van der Waals surface area contributed by atoms with E-state index in [1.54, 1.807) is 24.3 Å². The van der Waals surface area contributed by atoms with E-state index in [4.69, 9.17) is 0 Å². The average molecular weight is 460 g/mol. The minimum Gasteiger partial charge on any atom is -0.347 e. The third-order valence-electron chi connectivity index (χ3n) is 7.95. The van der Waals surface area contributed by atoms with Gasteiger partial charge in [0.1, 0.15) is 0 Å². The van der Waals surface area contributed by atoms with Gasteiger partial charge in [-0.25, -0.2) is 0 Å². The lowest BCUT2D eigenvalue weighted by Crippen LogP contribution is -2.48. The van der Waals surface area contributed by atoms with E-state index in [2.05, 4.69) is 16.0 Å². The number of carbonyl (C=O) groups excluding carboxylic acids is 3. The molecule has 6 nitrogen and oxygen atoms in total. The van der Waals surface area contributed by atoms with Crippen molar-refractivity contribution in [3.8, 4) is 0 Å². The van der Waals surface area contributed by atoms with Crippen molar-refractivity contribution >= 4 is 29.1 Å². The number of hydrogen-bond donors (Lipinski definition) is 3. The Bertz CT molecular complexity index is 1060. The fourth-order valence-electron chi connectivity index (χ4n) is 6.91. The predicted molar refractivity (Wildman–Crippen MR) is 132 cm³/mol. The molecule has 3 N–H and O–H groups in total. The number of amides is 3. The Balaban J connectivity index is 1.14. The summed E-state index contributed by atoms with van der Waals surface area (Å²) in [4.78, 5) is 37.7. The summed E-state index contributed by atoms with van der Waals surface area (Å²) in [5, 5.41) is 8.58. The molecule has 34 heavy (non-hydrogen) atoms. The first-order valence-electron chi connectivity index (χ1n) is 12.4. The van der Waals surface area contributed by atoms with Crippen molar-refractivity contribution in [2.75, 3.05) is 17.2 Å². The molecule has 0 saturated heterocycles. The highest BCUT2D eigenvalue weighted by atomic mass is 16.2. The normalized spacial score (nSPS) is 26.7. The van der Waals surface area contributed by atoms with Crippen LogP contribution in [0.15, 0.2) is 48.5 Å². The third kappa shape index (κ3) is 5.01. The van der Waals surface area contributed by atoms with Gasteiger partial charge in [0, 0.05) is 23.4 Å². The summed E-state index contributed by atoms with van der Waals surface area (Å²) < 4.78 is 0. The first-order chi connectivity index (χ1) is 16.4. The molecule has 2 aromatic carbocycles. The lowest BCUT2D eigenvalue weighted by Gasteiger charge is -2.56. The van der Waals surface area contributed by atoms with Gasteiger partial charge >= 0.3 is 0 Å². The number of hydrogen-bond acceptors (Lipinski definition) is 3. The van der Waals surface area contributed by atoms with Crippen LogP contribution in [0.25, 0.3) is 0 Å². The smallest absolute Gasteiger partial charge is 0.255 e. The molecule has 4 aliphatic carbocycles. The Morgan fingerprint density at radius 3 is 2.15 bits per heavy atom. The average Bonchev–Trinajstić information content (AvgIpc) is 2.79. The zero-order valence-electron chi connectivity index (χ0n) is 19.7. The number of carbonyl (C=O) groups is 3. The highest BCUT2D eigenvalue weighted by Gasteiger charge is 2.51. The maximum atomic E-state index is 12.7. The van der Waals surface area contributed by atoms with Crippen LogP contribution in [-0.2, 0) is 9.59 Å². The van der Waals surface area contributed by atoms with Crippen LogP contribution in [-0.4, -0.2) is 24.3 Å². The number of rotatable bonds is 7. The molecule has 2 aromatic rings. The molecule has 0 radical (unpaired) electrons. The first-order valence-corrected chi connectivity index (χ1v) is 12.4. The largest absolute Gasteiger partial charge is 0.347 e. The standard InChI is InChI=1S/C28H33N3O3/c1-18-7-8-23(30-27(34)22-5-3-2-4-6-22)12-24(18)31-26(33)17-29-25(32)16-28-13-19-9-20(14-28)11-21(10-19)15-28/h2-8,12,19-21H,9-11,13-17H2,1H3,(H,29,32)(H,30,34)(H,31,33). The molecule has 0 atom stereocenters. The van der Waals surface area contributed by atoms with Crippen LogP contribution in [0, 0.1) is 30.1 Å². The molecule has 0 heterocycles. The Morgan fingerprint density at radius 1 is 0.853 bits per heavy atom.